The molecule has 1 aliphatic heterocycles. The lowest BCUT2D eigenvalue weighted by molar-refractivity contribution is -0.253. The fourth-order valence-corrected chi connectivity index (χ4v) is 7.57. The molecule has 10 heteroatoms. The molecule has 1 aromatic carbocycles. The van der Waals surface area contributed by atoms with E-state index in [0.29, 0.717) is 50.4 Å². The van der Waals surface area contributed by atoms with E-state index in [1.54, 1.807) is 30.2 Å². The molecule has 0 radical (unpaired) electrons. The molecule has 2 aliphatic carbocycles. The highest BCUT2D eigenvalue weighted by atomic mass is 16.7. The largest absolute Gasteiger partial charge is 0.490 e. The first kappa shape index (κ1) is 37.2. The molecule has 1 aromatic rings. The normalized spacial score (nSPS) is 26.3. The van der Waals surface area contributed by atoms with Crippen molar-refractivity contribution in [1.82, 2.24) is 4.90 Å². The molecule has 0 spiro atoms. The van der Waals surface area contributed by atoms with Crippen LogP contribution in [0.5, 0.6) is 11.5 Å². The lowest BCUT2D eigenvalue weighted by atomic mass is 9.55. The Morgan fingerprint density at radius 3 is 2.52 bits per heavy atom. The SMILES string of the molecule is C=CCCOC(=O)N(C)C1CC(=NOCC)C2=CC(CCCCO)C(CCCCO)C3c4cc(OCC=C)ccc4OC1(OCC=C)C23. The van der Waals surface area contributed by atoms with Crippen molar-refractivity contribution in [3.05, 3.63) is 73.4 Å². The number of unbranched alkanes of at least 4 members (excludes halogenated alkanes) is 2. The van der Waals surface area contributed by atoms with Crippen molar-refractivity contribution in [3.63, 3.8) is 0 Å². The number of rotatable bonds is 20. The van der Waals surface area contributed by atoms with E-state index in [2.05, 4.69) is 37.0 Å². The van der Waals surface area contributed by atoms with Gasteiger partial charge in [-0.15, -0.1) is 13.2 Å². The average Bonchev–Trinajstić information content (AvgIpc) is 3.10. The third kappa shape index (κ3) is 8.15. The Morgan fingerprint density at radius 1 is 1.08 bits per heavy atom. The van der Waals surface area contributed by atoms with Gasteiger partial charge in [0.2, 0.25) is 5.79 Å². The number of oxime groups is 1. The fraction of sp³-hybridized carbons (Fsp3) is 0.579. The first-order valence-corrected chi connectivity index (χ1v) is 17.3. The third-order valence-electron chi connectivity index (χ3n) is 9.62. The molecule has 10 nitrogen and oxygen atoms in total. The molecule has 6 unspecified atom stereocenters. The first-order chi connectivity index (χ1) is 23.4. The van der Waals surface area contributed by atoms with Crippen molar-refractivity contribution in [3.8, 4) is 11.5 Å². The smallest absolute Gasteiger partial charge is 0.409 e. The third-order valence-corrected chi connectivity index (χ3v) is 9.62. The van der Waals surface area contributed by atoms with Gasteiger partial charge < -0.3 is 38.9 Å². The van der Waals surface area contributed by atoms with Gasteiger partial charge in [0, 0.05) is 38.2 Å². The summed E-state index contributed by atoms with van der Waals surface area (Å²) in [6, 6.07) is 5.24. The maximum absolute atomic E-state index is 13.6. The Balaban J connectivity index is 1.98. The number of nitrogens with zero attached hydrogens (tertiary/aromatic N) is 2. The van der Waals surface area contributed by atoms with Crippen LogP contribution in [0.4, 0.5) is 4.79 Å². The van der Waals surface area contributed by atoms with Gasteiger partial charge in [-0.1, -0.05) is 48.9 Å². The second-order valence-corrected chi connectivity index (χ2v) is 12.6. The Kier molecular flexibility index (Phi) is 14.1. The van der Waals surface area contributed by atoms with Crippen LogP contribution in [0.15, 0.2) is 73.0 Å². The van der Waals surface area contributed by atoms with Crippen LogP contribution in [0.3, 0.4) is 0 Å². The van der Waals surface area contributed by atoms with Gasteiger partial charge in [-0.3, -0.25) is 0 Å². The Labute approximate surface area is 285 Å². The zero-order valence-corrected chi connectivity index (χ0v) is 28.7. The van der Waals surface area contributed by atoms with E-state index in [-0.39, 0.29) is 50.1 Å². The second kappa shape index (κ2) is 18.2. The van der Waals surface area contributed by atoms with Crippen LogP contribution < -0.4 is 9.47 Å². The van der Waals surface area contributed by atoms with Crippen molar-refractivity contribution >= 4 is 11.8 Å². The molecule has 1 fully saturated rings. The summed E-state index contributed by atoms with van der Waals surface area (Å²) in [6.07, 6.45) is 12.6. The monoisotopic (exact) mass is 666 g/mol. The summed E-state index contributed by atoms with van der Waals surface area (Å²) in [5.74, 6) is -0.168. The molecule has 2 N–H and O–H groups in total. The molecule has 3 aliphatic rings. The molecule has 264 valence electrons. The number of ether oxygens (including phenoxy) is 4. The number of amides is 1. The van der Waals surface area contributed by atoms with Crippen LogP contribution in [-0.4, -0.2) is 85.4 Å². The predicted octanol–water partition coefficient (Wildman–Crippen LogP) is 6.55. The minimum Gasteiger partial charge on any atom is -0.490 e. The fourth-order valence-electron chi connectivity index (χ4n) is 7.57. The molecule has 6 atom stereocenters. The second-order valence-electron chi connectivity index (χ2n) is 12.6. The van der Waals surface area contributed by atoms with Crippen molar-refractivity contribution in [2.24, 2.45) is 22.9 Å². The topological polar surface area (TPSA) is 119 Å². The first-order valence-electron chi connectivity index (χ1n) is 17.3. The number of carbonyl (C=O) groups excluding carboxylic acids is 1. The highest BCUT2D eigenvalue weighted by Gasteiger charge is 2.65. The van der Waals surface area contributed by atoms with Gasteiger partial charge in [-0.05, 0) is 74.6 Å². The number of aliphatic hydroxyl groups is 2. The number of allylic oxidation sites excluding steroid dienone is 1. The zero-order chi connectivity index (χ0) is 34.5. The molecule has 0 bridgehead atoms. The molecule has 0 aromatic heterocycles. The number of carbonyl (C=O) groups is 1. The standard InChI is InChI=1S/C38H54N2O8/c1-6-10-23-45-37(43)40(5)34-26-32(39-47-9-4)30-24-27(15-11-13-19-41)29(16-12-14-20-42)35-31-25-28(44-21-7-2)17-18-33(31)48-38(34,36(30)35)46-22-8-3/h6-8,17-18,24-25,27,29,34-36,41-42H,1-3,9-16,19-23,26H2,4-5H3. The van der Waals surface area contributed by atoms with E-state index in [0.717, 1.165) is 42.5 Å². The van der Waals surface area contributed by atoms with Gasteiger partial charge in [0.1, 0.15) is 30.8 Å². The molecule has 1 saturated carbocycles. The quantitative estimate of drug-likeness (QED) is 0.0914. The van der Waals surface area contributed by atoms with Crippen LogP contribution in [0.1, 0.15) is 69.8 Å². The number of hydrogen-bond acceptors (Lipinski definition) is 9. The van der Waals surface area contributed by atoms with Crippen LogP contribution >= 0.6 is 0 Å². The number of fused-ring (bicyclic) bond motifs is 2. The van der Waals surface area contributed by atoms with Crippen LogP contribution in [0.25, 0.3) is 0 Å². The zero-order valence-electron chi connectivity index (χ0n) is 28.7. The molecular weight excluding hydrogens is 612 g/mol. The van der Waals surface area contributed by atoms with E-state index < -0.39 is 17.9 Å². The van der Waals surface area contributed by atoms with Gasteiger partial charge >= 0.3 is 6.09 Å². The van der Waals surface area contributed by atoms with Gasteiger partial charge in [0.15, 0.2) is 0 Å². The summed E-state index contributed by atoms with van der Waals surface area (Å²) in [6.45, 7) is 14.8. The summed E-state index contributed by atoms with van der Waals surface area (Å²) >= 11 is 0. The molecular formula is C38H54N2O8. The Morgan fingerprint density at radius 2 is 1.83 bits per heavy atom. The van der Waals surface area contributed by atoms with Crippen molar-refractivity contribution in [2.45, 2.75) is 76.0 Å². The molecule has 4 rings (SSSR count). The lowest BCUT2D eigenvalue weighted by Crippen LogP contribution is -2.69. The summed E-state index contributed by atoms with van der Waals surface area (Å²) < 4.78 is 25.6. The molecule has 1 heterocycles. The number of hydrogen-bond donors (Lipinski definition) is 2. The van der Waals surface area contributed by atoms with Crippen molar-refractivity contribution in [2.75, 3.05) is 46.7 Å². The molecule has 0 saturated heterocycles. The maximum atomic E-state index is 13.6. The Hall–Kier alpha value is -3.60. The number of aliphatic hydroxyl groups excluding tert-OH is 2. The van der Waals surface area contributed by atoms with Gasteiger partial charge in [0.05, 0.1) is 24.8 Å². The van der Waals surface area contributed by atoms with Crippen molar-refractivity contribution in [1.29, 1.82) is 0 Å². The summed E-state index contributed by atoms with van der Waals surface area (Å²) in [4.78, 5) is 20.9. The van der Waals surface area contributed by atoms with Gasteiger partial charge in [-0.25, -0.2) is 4.79 Å². The number of likely N-dealkylation sites (N-methyl/N-ethyl adjacent to an activating group) is 1. The lowest BCUT2D eigenvalue weighted by Gasteiger charge is -2.59. The number of benzene rings is 1. The van der Waals surface area contributed by atoms with Gasteiger partial charge in [0.25, 0.3) is 0 Å². The van der Waals surface area contributed by atoms with E-state index in [4.69, 9.17) is 23.8 Å². The predicted molar refractivity (Wildman–Crippen MR) is 186 cm³/mol. The molecule has 48 heavy (non-hydrogen) atoms. The average molecular weight is 667 g/mol. The summed E-state index contributed by atoms with van der Waals surface area (Å²) in [7, 11) is 1.71. The molecule has 1 amide bonds. The van der Waals surface area contributed by atoms with E-state index in [1.807, 2.05) is 19.1 Å². The summed E-state index contributed by atoms with van der Waals surface area (Å²) in [5, 5.41) is 24.1. The van der Waals surface area contributed by atoms with E-state index in [9.17, 15) is 15.0 Å². The van der Waals surface area contributed by atoms with Crippen LogP contribution in [-0.2, 0) is 14.3 Å². The van der Waals surface area contributed by atoms with E-state index in [1.165, 1.54) is 0 Å². The van der Waals surface area contributed by atoms with Crippen molar-refractivity contribution < 1.29 is 38.8 Å². The van der Waals surface area contributed by atoms with Crippen LogP contribution in [0, 0.1) is 17.8 Å². The minimum atomic E-state index is -1.32. The highest BCUT2D eigenvalue weighted by molar-refractivity contribution is 6.02. The highest BCUT2D eigenvalue weighted by Crippen LogP contribution is 2.61. The maximum Gasteiger partial charge on any atom is 0.409 e. The van der Waals surface area contributed by atoms with E-state index >= 15 is 0 Å². The van der Waals surface area contributed by atoms with Crippen LogP contribution in [0.2, 0.25) is 0 Å². The minimum absolute atomic E-state index is 0.120. The summed E-state index contributed by atoms with van der Waals surface area (Å²) in [5.41, 5.74) is 2.73. The van der Waals surface area contributed by atoms with Gasteiger partial charge in [-0.2, -0.15) is 0 Å². The Bertz CT molecular complexity index is 1310.